The van der Waals surface area contributed by atoms with E-state index in [9.17, 15) is 0 Å². The Bertz CT molecular complexity index is 101. The van der Waals surface area contributed by atoms with Crippen LogP contribution >= 0.6 is 11.6 Å². The summed E-state index contributed by atoms with van der Waals surface area (Å²) in [7, 11) is 0. The molecular weight excluding hydrogens is 108 g/mol. The summed E-state index contributed by atoms with van der Waals surface area (Å²) in [5.74, 6) is 0. The molecule has 1 heteroatoms. The quantitative estimate of drug-likeness (QED) is 0.462. The normalized spacial score (nSPS) is 11.6. The van der Waals surface area contributed by atoms with Crippen molar-refractivity contribution in [3.63, 3.8) is 0 Å². The first-order chi connectivity index (χ1) is 3.18. The van der Waals surface area contributed by atoms with Gasteiger partial charge in [0.05, 0.1) is 0 Å². The average molecular weight is 117 g/mol. The van der Waals surface area contributed by atoms with E-state index in [0.717, 1.165) is 10.6 Å². The number of halogens is 1. The van der Waals surface area contributed by atoms with Gasteiger partial charge in [-0.1, -0.05) is 24.3 Å². The summed E-state index contributed by atoms with van der Waals surface area (Å²) in [5, 5.41) is 0.750. The maximum Gasteiger partial charge on any atom is 0.0386 e. The van der Waals surface area contributed by atoms with Gasteiger partial charge in [0.25, 0.3) is 0 Å². The van der Waals surface area contributed by atoms with Crippen LogP contribution in [0.25, 0.3) is 0 Å². The Morgan fingerprint density at radius 1 is 1.71 bits per heavy atom. The predicted molar refractivity (Wildman–Crippen MR) is 34.4 cm³/mol. The minimum atomic E-state index is 0.750. The highest BCUT2D eigenvalue weighted by atomic mass is 35.5. The van der Waals surface area contributed by atoms with Crippen LogP contribution in [0.4, 0.5) is 0 Å². The van der Waals surface area contributed by atoms with Gasteiger partial charge in [-0.05, 0) is 19.4 Å². The molecule has 0 spiro atoms. The molecule has 0 fully saturated rings. The van der Waals surface area contributed by atoms with Gasteiger partial charge in [0.1, 0.15) is 0 Å². The zero-order chi connectivity index (χ0) is 5.86. The van der Waals surface area contributed by atoms with Crippen molar-refractivity contribution in [2.45, 2.75) is 13.8 Å². The van der Waals surface area contributed by atoms with Gasteiger partial charge in [0, 0.05) is 5.03 Å². The van der Waals surface area contributed by atoms with Gasteiger partial charge >= 0.3 is 0 Å². The van der Waals surface area contributed by atoms with Crippen LogP contribution in [-0.4, -0.2) is 0 Å². The van der Waals surface area contributed by atoms with Crippen molar-refractivity contribution in [1.82, 2.24) is 0 Å². The maximum absolute atomic E-state index is 5.56. The second-order valence-corrected chi connectivity index (χ2v) is 1.82. The lowest BCUT2D eigenvalue weighted by Crippen LogP contribution is -1.67. The summed E-state index contributed by atoms with van der Waals surface area (Å²) in [6.07, 6.45) is 1.82. The van der Waals surface area contributed by atoms with Crippen LogP contribution in [0, 0.1) is 0 Å². The molecule has 0 atom stereocenters. The zero-order valence-electron chi connectivity index (χ0n) is 4.66. The molecule has 0 aromatic rings. The molecule has 0 unspecified atom stereocenters. The molecule has 0 heterocycles. The number of rotatable bonds is 1. The van der Waals surface area contributed by atoms with E-state index in [-0.39, 0.29) is 0 Å². The summed E-state index contributed by atoms with van der Waals surface area (Å²) in [5.41, 5.74) is 0.921. The smallest absolute Gasteiger partial charge is 0.0386 e. The van der Waals surface area contributed by atoms with Gasteiger partial charge in [-0.15, -0.1) is 0 Å². The van der Waals surface area contributed by atoms with Crippen LogP contribution in [-0.2, 0) is 0 Å². The molecule has 0 saturated heterocycles. The molecule has 0 aliphatic carbocycles. The average Bonchev–Trinajstić information content (AvgIpc) is 1.65. The molecular formula is C6H9Cl. The molecule has 0 aliphatic heterocycles. The number of hydrogen-bond acceptors (Lipinski definition) is 0. The Kier molecular flexibility index (Phi) is 2.77. The fourth-order valence-electron chi connectivity index (χ4n) is 0.246. The molecule has 0 radical (unpaired) electrons. The highest BCUT2D eigenvalue weighted by molar-refractivity contribution is 6.31. The van der Waals surface area contributed by atoms with E-state index in [0.29, 0.717) is 0 Å². The molecule has 0 N–H and O–H groups in total. The van der Waals surface area contributed by atoms with Gasteiger partial charge in [0.2, 0.25) is 0 Å². The molecule has 0 rings (SSSR count). The van der Waals surface area contributed by atoms with Gasteiger partial charge in [-0.25, -0.2) is 0 Å². The van der Waals surface area contributed by atoms with Crippen LogP contribution in [0.5, 0.6) is 0 Å². The Labute approximate surface area is 49.5 Å². The molecule has 0 saturated carbocycles. The van der Waals surface area contributed by atoms with E-state index >= 15 is 0 Å². The van der Waals surface area contributed by atoms with Crippen LogP contribution in [0.1, 0.15) is 13.8 Å². The molecule has 0 bridgehead atoms. The third-order valence-electron chi connectivity index (χ3n) is 0.661. The summed E-state index contributed by atoms with van der Waals surface area (Å²) >= 11 is 5.56. The Hall–Kier alpha value is -0.230. The Balaban J connectivity index is 3.82. The van der Waals surface area contributed by atoms with E-state index < -0.39 is 0 Å². The third-order valence-corrected chi connectivity index (χ3v) is 1.20. The fraction of sp³-hybridized carbons (Fsp3) is 0.333. The maximum atomic E-state index is 5.56. The van der Waals surface area contributed by atoms with Crippen molar-refractivity contribution in [1.29, 1.82) is 0 Å². The molecule has 0 nitrogen and oxygen atoms in total. The van der Waals surface area contributed by atoms with Crippen molar-refractivity contribution in [2.75, 3.05) is 0 Å². The standard InChI is InChI=1S/C6H9Cl/c1-4-6(7)5(2)3/h4H,2H2,1,3H3/b6-4-. The number of allylic oxidation sites excluding steroid dienone is 3. The largest absolute Gasteiger partial charge is 0.0946 e. The van der Waals surface area contributed by atoms with E-state index in [4.69, 9.17) is 11.6 Å². The monoisotopic (exact) mass is 116 g/mol. The first kappa shape index (κ1) is 6.77. The first-order valence-corrected chi connectivity index (χ1v) is 2.54. The van der Waals surface area contributed by atoms with E-state index in [1.54, 1.807) is 0 Å². The molecule has 40 valence electrons. The lowest BCUT2D eigenvalue weighted by molar-refractivity contribution is 1.50. The van der Waals surface area contributed by atoms with Gasteiger partial charge in [-0.3, -0.25) is 0 Å². The second kappa shape index (κ2) is 2.86. The third kappa shape index (κ3) is 2.46. The minimum Gasteiger partial charge on any atom is -0.0946 e. The summed E-state index contributed by atoms with van der Waals surface area (Å²) in [6, 6.07) is 0. The van der Waals surface area contributed by atoms with Gasteiger partial charge < -0.3 is 0 Å². The highest BCUT2D eigenvalue weighted by Gasteiger charge is 1.84. The van der Waals surface area contributed by atoms with Crippen LogP contribution in [0.3, 0.4) is 0 Å². The molecule has 0 aromatic carbocycles. The second-order valence-electron chi connectivity index (χ2n) is 1.42. The summed E-state index contributed by atoms with van der Waals surface area (Å²) < 4.78 is 0. The van der Waals surface area contributed by atoms with Crippen LogP contribution < -0.4 is 0 Å². The predicted octanol–water partition coefficient (Wildman–Crippen LogP) is 2.71. The van der Waals surface area contributed by atoms with Gasteiger partial charge in [-0.2, -0.15) is 0 Å². The van der Waals surface area contributed by atoms with Crippen LogP contribution in [0.15, 0.2) is 23.3 Å². The minimum absolute atomic E-state index is 0.750. The molecule has 0 amide bonds. The lowest BCUT2D eigenvalue weighted by Gasteiger charge is -1.88. The van der Waals surface area contributed by atoms with E-state index in [2.05, 4.69) is 6.58 Å². The first-order valence-electron chi connectivity index (χ1n) is 2.16. The van der Waals surface area contributed by atoms with Crippen molar-refractivity contribution in [3.05, 3.63) is 23.3 Å². The summed E-state index contributed by atoms with van der Waals surface area (Å²) in [6.45, 7) is 7.39. The molecule has 7 heavy (non-hydrogen) atoms. The van der Waals surface area contributed by atoms with Crippen LogP contribution in [0.2, 0.25) is 0 Å². The molecule has 0 aliphatic rings. The van der Waals surface area contributed by atoms with Crippen molar-refractivity contribution in [3.8, 4) is 0 Å². The van der Waals surface area contributed by atoms with Crippen molar-refractivity contribution in [2.24, 2.45) is 0 Å². The van der Waals surface area contributed by atoms with Crippen molar-refractivity contribution < 1.29 is 0 Å². The summed E-state index contributed by atoms with van der Waals surface area (Å²) in [4.78, 5) is 0. The Morgan fingerprint density at radius 2 is 2.14 bits per heavy atom. The lowest BCUT2D eigenvalue weighted by atomic mass is 10.3. The Morgan fingerprint density at radius 3 is 2.14 bits per heavy atom. The fourth-order valence-corrected chi connectivity index (χ4v) is 0.246. The zero-order valence-corrected chi connectivity index (χ0v) is 5.42. The number of hydrogen-bond donors (Lipinski definition) is 0. The van der Waals surface area contributed by atoms with E-state index in [1.165, 1.54) is 0 Å². The highest BCUT2D eigenvalue weighted by Crippen LogP contribution is 2.09. The molecule has 0 aromatic heterocycles. The topological polar surface area (TPSA) is 0 Å². The van der Waals surface area contributed by atoms with Gasteiger partial charge in [0.15, 0.2) is 0 Å². The van der Waals surface area contributed by atoms with Crippen molar-refractivity contribution >= 4 is 11.6 Å². The SMILES string of the molecule is C=C(C)/C(Cl)=C/C. The van der Waals surface area contributed by atoms with E-state index in [1.807, 2.05) is 19.9 Å².